The molecule has 0 aliphatic heterocycles. The van der Waals surface area contributed by atoms with Crippen LogP contribution in [0, 0.1) is 5.92 Å². The molecule has 0 saturated carbocycles. The second-order valence-corrected chi connectivity index (χ2v) is 6.49. The normalized spacial score (nSPS) is 13.0. The van der Waals surface area contributed by atoms with E-state index in [1.54, 1.807) is 0 Å². The highest BCUT2D eigenvalue weighted by Crippen LogP contribution is 2.30. The van der Waals surface area contributed by atoms with E-state index in [9.17, 15) is 0 Å². The molecule has 0 aliphatic carbocycles. The van der Waals surface area contributed by atoms with Crippen molar-refractivity contribution in [2.75, 3.05) is 6.61 Å². The van der Waals surface area contributed by atoms with E-state index in [0.29, 0.717) is 6.61 Å². The molecular formula is C17H25ClN2O. The minimum atomic E-state index is -0.106. The molecule has 4 heteroatoms. The van der Waals surface area contributed by atoms with Gasteiger partial charge in [-0.3, -0.25) is 0 Å². The van der Waals surface area contributed by atoms with Gasteiger partial charge in [0.15, 0.2) is 0 Å². The van der Waals surface area contributed by atoms with Gasteiger partial charge in [0.2, 0.25) is 0 Å². The van der Waals surface area contributed by atoms with Crippen LogP contribution >= 0.6 is 11.6 Å². The van der Waals surface area contributed by atoms with Gasteiger partial charge in [-0.05, 0) is 44.7 Å². The molecule has 21 heavy (non-hydrogen) atoms. The van der Waals surface area contributed by atoms with Crippen LogP contribution in [-0.4, -0.2) is 16.2 Å². The van der Waals surface area contributed by atoms with E-state index in [2.05, 4.69) is 24.5 Å². The topological polar surface area (TPSA) is 27.1 Å². The summed E-state index contributed by atoms with van der Waals surface area (Å²) in [6.45, 7) is 10.1. The van der Waals surface area contributed by atoms with Gasteiger partial charge in [-0.2, -0.15) is 0 Å². The van der Waals surface area contributed by atoms with E-state index in [0.717, 1.165) is 41.5 Å². The van der Waals surface area contributed by atoms with Crippen molar-refractivity contribution in [2.24, 2.45) is 5.92 Å². The maximum absolute atomic E-state index is 6.33. The number of benzene rings is 1. The lowest BCUT2D eigenvalue weighted by molar-refractivity contribution is 0.343. The van der Waals surface area contributed by atoms with Crippen molar-refractivity contribution in [3.8, 4) is 5.75 Å². The van der Waals surface area contributed by atoms with E-state index in [1.807, 2.05) is 26.0 Å². The summed E-state index contributed by atoms with van der Waals surface area (Å²) in [6.07, 6.45) is 2.35. The first-order chi connectivity index (χ1) is 10.0. The average Bonchev–Trinajstić information content (AvgIpc) is 2.79. The number of imidazole rings is 1. The molecule has 0 aliphatic rings. The third-order valence-corrected chi connectivity index (χ3v) is 3.79. The van der Waals surface area contributed by atoms with E-state index in [-0.39, 0.29) is 5.38 Å². The molecule has 2 rings (SSSR count). The van der Waals surface area contributed by atoms with Crippen LogP contribution < -0.4 is 4.74 Å². The maximum Gasteiger partial charge on any atom is 0.147 e. The number of alkyl halides is 1. The van der Waals surface area contributed by atoms with E-state index >= 15 is 0 Å². The number of hydrogen-bond acceptors (Lipinski definition) is 2. The monoisotopic (exact) mass is 308 g/mol. The Hall–Kier alpha value is -1.22. The highest BCUT2D eigenvalue weighted by Gasteiger charge is 2.17. The second-order valence-electron chi connectivity index (χ2n) is 5.83. The van der Waals surface area contributed by atoms with Crippen LogP contribution in [0.2, 0.25) is 0 Å². The highest BCUT2D eigenvalue weighted by molar-refractivity contribution is 6.20. The van der Waals surface area contributed by atoms with Crippen LogP contribution in [0.5, 0.6) is 5.75 Å². The fraction of sp³-hybridized carbons (Fsp3) is 0.588. The predicted octanol–water partition coefficient (Wildman–Crippen LogP) is 5.17. The lowest BCUT2D eigenvalue weighted by atomic mass is 10.1. The molecule has 1 aromatic carbocycles. The lowest BCUT2D eigenvalue weighted by Gasteiger charge is -2.11. The van der Waals surface area contributed by atoms with Crippen molar-refractivity contribution < 1.29 is 4.74 Å². The Labute approximate surface area is 132 Å². The Kier molecular flexibility index (Phi) is 5.51. The van der Waals surface area contributed by atoms with Gasteiger partial charge in [-0.15, -0.1) is 11.6 Å². The number of halogens is 1. The number of nitrogens with zero attached hydrogens (tertiary/aromatic N) is 2. The van der Waals surface area contributed by atoms with Gasteiger partial charge in [-0.1, -0.05) is 19.9 Å². The molecule has 0 spiro atoms. The summed E-state index contributed by atoms with van der Waals surface area (Å²) in [5, 5.41) is -0.106. The third kappa shape index (κ3) is 3.70. The van der Waals surface area contributed by atoms with Crippen molar-refractivity contribution in [1.29, 1.82) is 0 Å². The molecule has 0 saturated heterocycles. The van der Waals surface area contributed by atoms with Gasteiger partial charge in [-0.25, -0.2) is 4.98 Å². The molecule has 0 fully saturated rings. The number of rotatable bonds is 7. The predicted molar refractivity (Wildman–Crippen MR) is 89.2 cm³/mol. The van der Waals surface area contributed by atoms with Crippen molar-refractivity contribution in [3.05, 3.63) is 24.0 Å². The fourth-order valence-corrected chi connectivity index (χ4v) is 2.77. The fourth-order valence-electron chi connectivity index (χ4n) is 2.61. The van der Waals surface area contributed by atoms with Gasteiger partial charge >= 0.3 is 0 Å². The molecule has 2 aromatic rings. The van der Waals surface area contributed by atoms with Gasteiger partial charge in [0.1, 0.15) is 17.1 Å². The molecule has 1 unspecified atom stereocenters. The van der Waals surface area contributed by atoms with Gasteiger partial charge < -0.3 is 9.30 Å². The van der Waals surface area contributed by atoms with Crippen LogP contribution in [0.15, 0.2) is 18.2 Å². The first-order valence-corrected chi connectivity index (χ1v) is 8.24. The summed E-state index contributed by atoms with van der Waals surface area (Å²) in [4.78, 5) is 4.73. The summed E-state index contributed by atoms with van der Waals surface area (Å²) in [5.74, 6) is 2.49. The largest absolute Gasteiger partial charge is 0.492 e. The van der Waals surface area contributed by atoms with Crippen LogP contribution in [-0.2, 0) is 6.54 Å². The van der Waals surface area contributed by atoms with E-state index in [4.69, 9.17) is 21.3 Å². The van der Waals surface area contributed by atoms with Crippen LogP contribution in [0.4, 0.5) is 0 Å². The molecule has 0 radical (unpaired) electrons. The standard InChI is InChI=1S/C17H25ClN2O/c1-5-21-15-10-6-9-14-16(15)19-17(13(4)18)20(14)11-7-8-12(2)3/h6,9-10,12-13H,5,7-8,11H2,1-4H3. The van der Waals surface area contributed by atoms with E-state index in [1.165, 1.54) is 6.42 Å². The number of aryl methyl sites for hydroxylation is 1. The zero-order chi connectivity index (χ0) is 15.4. The first-order valence-electron chi connectivity index (χ1n) is 7.80. The third-order valence-electron chi connectivity index (χ3n) is 3.59. The Bertz CT molecular complexity index is 590. The second kappa shape index (κ2) is 7.17. The Morgan fingerprint density at radius 1 is 1.29 bits per heavy atom. The molecule has 0 bridgehead atoms. The van der Waals surface area contributed by atoms with Crippen molar-refractivity contribution in [2.45, 2.75) is 52.5 Å². The summed E-state index contributed by atoms with van der Waals surface area (Å²) in [6, 6.07) is 6.10. The van der Waals surface area contributed by atoms with Crippen molar-refractivity contribution in [1.82, 2.24) is 9.55 Å². The molecule has 0 N–H and O–H groups in total. The summed E-state index contributed by atoms with van der Waals surface area (Å²) < 4.78 is 7.94. The first kappa shape index (κ1) is 16.2. The number of fused-ring (bicyclic) bond motifs is 1. The average molecular weight is 309 g/mol. The summed E-state index contributed by atoms with van der Waals surface area (Å²) >= 11 is 6.33. The Morgan fingerprint density at radius 3 is 2.67 bits per heavy atom. The molecular weight excluding hydrogens is 284 g/mol. The molecule has 116 valence electrons. The zero-order valence-corrected chi connectivity index (χ0v) is 14.2. The van der Waals surface area contributed by atoms with Gasteiger partial charge in [0, 0.05) is 6.54 Å². The van der Waals surface area contributed by atoms with E-state index < -0.39 is 0 Å². The lowest BCUT2D eigenvalue weighted by Crippen LogP contribution is -2.05. The summed E-state index contributed by atoms with van der Waals surface area (Å²) in [7, 11) is 0. The molecule has 3 nitrogen and oxygen atoms in total. The molecule has 0 amide bonds. The highest BCUT2D eigenvalue weighted by atomic mass is 35.5. The minimum Gasteiger partial charge on any atom is -0.492 e. The van der Waals surface area contributed by atoms with Crippen molar-refractivity contribution >= 4 is 22.6 Å². The number of para-hydroxylation sites is 1. The zero-order valence-electron chi connectivity index (χ0n) is 13.4. The SMILES string of the molecule is CCOc1cccc2c1nc(C(C)Cl)n2CCCC(C)C. The minimum absolute atomic E-state index is 0.106. The molecule has 1 aromatic heterocycles. The maximum atomic E-state index is 6.33. The molecule has 1 heterocycles. The van der Waals surface area contributed by atoms with Gasteiger partial charge in [0.05, 0.1) is 17.5 Å². The smallest absolute Gasteiger partial charge is 0.147 e. The van der Waals surface area contributed by atoms with Crippen molar-refractivity contribution in [3.63, 3.8) is 0 Å². The molecule has 1 atom stereocenters. The van der Waals surface area contributed by atoms with Gasteiger partial charge in [0.25, 0.3) is 0 Å². The number of ether oxygens (including phenoxy) is 1. The Balaban J connectivity index is 2.40. The van der Waals surface area contributed by atoms with Crippen LogP contribution in [0.3, 0.4) is 0 Å². The van der Waals surface area contributed by atoms with Crippen LogP contribution in [0.1, 0.15) is 51.7 Å². The van der Waals surface area contributed by atoms with Crippen LogP contribution in [0.25, 0.3) is 11.0 Å². The summed E-state index contributed by atoms with van der Waals surface area (Å²) in [5.41, 5.74) is 2.04. The number of hydrogen-bond donors (Lipinski definition) is 0. The Morgan fingerprint density at radius 2 is 2.05 bits per heavy atom. The quantitative estimate of drug-likeness (QED) is 0.660. The number of aromatic nitrogens is 2.